The number of sulfonamides is 1. The molecule has 2 N–H and O–H groups in total. The number of anilines is 1. The zero-order valence-corrected chi connectivity index (χ0v) is 22.1. The van der Waals surface area contributed by atoms with Gasteiger partial charge in [-0.25, -0.2) is 17.8 Å². The maximum atomic E-state index is 13.1. The Labute approximate surface area is 220 Å². The van der Waals surface area contributed by atoms with E-state index in [4.69, 9.17) is 0 Å². The molecule has 3 aromatic carbocycles. The van der Waals surface area contributed by atoms with E-state index in [0.29, 0.717) is 28.2 Å². The van der Waals surface area contributed by atoms with Crippen molar-refractivity contribution in [3.8, 4) is 16.8 Å². The van der Waals surface area contributed by atoms with Crippen LogP contribution in [-0.4, -0.2) is 34.6 Å². The first-order valence-corrected chi connectivity index (χ1v) is 13.2. The minimum atomic E-state index is -3.77. The molecule has 11 heteroatoms. The summed E-state index contributed by atoms with van der Waals surface area (Å²) in [6, 6.07) is 20.9. The maximum Gasteiger partial charge on any atom is 0.274 e. The van der Waals surface area contributed by atoms with Crippen LogP contribution in [0, 0.1) is 17.0 Å². The number of non-ortho nitro benzene ring substituents is 1. The highest BCUT2D eigenvalue weighted by Gasteiger charge is 2.25. The van der Waals surface area contributed by atoms with Crippen LogP contribution >= 0.6 is 0 Å². The maximum absolute atomic E-state index is 13.1. The zero-order valence-electron chi connectivity index (χ0n) is 21.3. The Balaban J connectivity index is 1.58. The molecular formula is C27H27N5O5S. The van der Waals surface area contributed by atoms with Crippen molar-refractivity contribution in [2.45, 2.75) is 38.1 Å². The van der Waals surface area contributed by atoms with E-state index >= 15 is 0 Å². The van der Waals surface area contributed by atoms with Gasteiger partial charge in [-0.05, 0) is 69.7 Å². The summed E-state index contributed by atoms with van der Waals surface area (Å²) in [7, 11) is -3.77. The van der Waals surface area contributed by atoms with Crippen LogP contribution in [0.1, 0.15) is 37.0 Å². The molecule has 196 valence electrons. The fourth-order valence-corrected chi connectivity index (χ4v) is 5.55. The third-order valence-electron chi connectivity index (χ3n) is 5.44. The standard InChI is InChI=1S/C27H27N5O5S/c1-18-17-24(31(29-18)21-13-15-22(16-14-21)32(34)35)26(33)28-20-11-9-19(10-12-20)23-7-5-6-8-25(23)38(36,37)30-27(2,3)4/h5-17,30H,1-4H3,(H,28,33). The van der Waals surface area contributed by atoms with E-state index in [-0.39, 0.29) is 16.3 Å². The molecule has 0 bridgehead atoms. The van der Waals surface area contributed by atoms with E-state index < -0.39 is 26.4 Å². The van der Waals surface area contributed by atoms with Crippen LogP contribution in [0.2, 0.25) is 0 Å². The van der Waals surface area contributed by atoms with Gasteiger partial charge in [0.05, 0.1) is 21.2 Å². The highest BCUT2D eigenvalue weighted by molar-refractivity contribution is 7.89. The van der Waals surface area contributed by atoms with Crippen LogP contribution in [-0.2, 0) is 10.0 Å². The summed E-state index contributed by atoms with van der Waals surface area (Å²) in [5, 5.41) is 18.1. The first kappa shape index (κ1) is 26.7. The molecule has 0 aliphatic rings. The SMILES string of the molecule is Cc1cc(C(=O)Nc2ccc(-c3ccccc3S(=O)(=O)NC(C)(C)C)cc2)n(-c2ccc([N+](=O)[O-])cc2)n1. The molecule has 0 fully saturated rings. The van der Waals surface area contributed by atoms with E-state index in [0.717, 1.165) is 0 Å². The highest BCUT2D eigenvalue weighted by Crippen LogP contribution is 2.29. The molecule has 0 unspecified atom stereocenters. The Morgan fingerprint density at radius 1 is 0.974 bits per heavy atom. The number of rotatable bonds is 7. The van der Waals surface area contributed by atoms with E-state index in [1.54, 1.807) is 82.3 Å². The molecular weight excluding hydrogens is 506 g/mol. The van der Waals surface area contributed by atoms with Gasteiger partial charge in [0, 0.05) is 28.9 Å². The Hall–Kier alpha value is -4.35. The summed E-state index contributed by atoms with van der Waals surface area (Å²) in [6.45, 7) is 7.08. The van der Waals surface area contributed by atoms with Crippen LogP contribution in [0.15, 0.2) is 83.8 Å². The Morgan fingerprint density at radius 2 is 1.61 bits per heavy atom. The number of benzene rings is 3. The molecule has 0 aliphatic heterocycles. The Morgan fingerprint density at radius 3 is 2.21 bits per heavy atom. The summed E-state index contributed by atoms with van der Waals surface area (Å²) in [5.74, 6) is -0.422. The molecule has 0 spiro atoms. The number of amides is 1. The van der Waals surface area contributed by atoms with Gasteiger partial charge >= 0.3 is 0 Å². The van der Waals surface area contributed by atoms with Crippen molar-refractivity contribution in [1.29, 1.82) is 0 Å². The molecule has 10 nitrogen and oxygen atoms in total. The number of nitro benzene ring substituents is 1. The summed E-state index contributed by atoms with van der Waals surface area (Å²) >= 11 is 0. The third kappa shape index (κ3) is 5.96. The van der Waals surface area contributed by atoms with Gasteiger partial charge in [0.1, 0.15) is 5.69 Å². The van der Waals surface area contributed by atoms with Crippen molar-refractivity contribution < 1.29 is 18.1 Å². The number of aryl methyl sites for hydroxylation is 1. The normalized spacial score (nSPS) is 11.8. The van der Waals surface area contributed by atoms with E-state index in [1.165, 1.54) is 28.9 Å². The molecule has 0 saturated carbocycles. The van der Waals surface area contributed by atoms with Crippen LogP contribution in [0.4, 0.5) is 11.4 Å². The summed E-state index contributed by atoms with van der Waals surface area (Å²) in [5.41, 5.74) is 2.37. The summed E-state index contributed by atoms with van der Waals surface area (Å²) < 4.78 is 30.1. The predicted octanol–water partition coefficient (Wildman–Crippen LogP) is 5.09. The number of nitrogens with zero attached hydrogens (tertiary/aromatic N) is 3. The largest absolute Gasteiger partial charge is 0.321 e. The number of hydrogen-bond acceptors (Lipinski definition) is 6. The smallest absolute Gasteiger partial charge is 0.274 e. The summed E-state index contributed by atoms with van der Waals surface area (Å²) in [6.07, 6.45) is 0. The molecule has 0 saturated heterocycles. The topological polar surface area (TPSA) is 136 Å². The van der Waals surface area contributed by atoms with Gasteiger partial charge in [0.25, 0.3) is 11.6 Å². The van der Waals surface area contributed by atoms with E-state index in [1.807, 2.05) is 0 Å². The number of hydrogen-bond donors (Lipinski definition) is 2. The van der Waals surface area contributed by atoms with E-state index in [2.05, 4.69) is 15.1 Å². The third-order valence-corrected chi connectivity index (χ3v) is 7.26. The predicted molar refractivity (Wildman–Crippen MR) is 145 cm³/mol. The second kappa shape index (κ2) is 10.2. The van der Waals surface area contributed by atoms with Crippen molar-refractivity contribution in [3.63, 3.8) is 0 Å². The average Bonchev–Trinajstić information content (AvgIpc) is 3.25. The second-order valence-corrected chi connectivity index (χ2v) is 11.4. The molecule has 0 atom stereocenters. The lowest BCUT2D eigenvalue weighted by Crippen LogP contribution is -2.40. The van der Waals surface area contributed by atoms with Crippen molar-refractivity contribution in [2.75, 3.05) is 5.32 Å². The molecule has 4 aromatic rings. The number of carbonyl (C=O) groups excluding carboxylic acids is 1. The minimum absolute atomic E-state index is 0.0627. The number of carbonyl (C=O) groups is 1. The van der Waals surface area contributed by atoms with Gasteiger partial charge in [-0.3, -0.25) is 14.9 Å². The van der Waals surface area contributed by atoms with Crippen LogP contribution in [0.5, 0.6) is 0 Å². The summed E-state index contributed by atoms with van der Waals surface area (Å²) in [4.78, 5) is 23.7. The molecule has 1 aromatic heterocycles. The Bertz CT molecular complexity index is 1600. The lowest BCUT2D eigenvalue weighted by atomic mass is 10.1. The van der Waals surface area contributed by atoms with Gasteiger partial charge in [0.2, 0.25) is 10.0 Å². The molecule has 0 radical (unpaired) electrons. The zero-order chi connectivity index (χ0) is 27.7. The molecule has 1 amide bonds. The van der Waals surface area contributed by atoms with Crippen molar-refractivity contribution in [2.24, 2.45) is 0 Å². The van der Waals surface area contributed by atoms with Gasteiger partial charge in [-0.15, -0.1) is 0 Å². The lowest BCUT2D eigenvalue weighted by Gasteiger charge is -2.21. The Kier molecular flexibility index (Phi) is 7.16. The van der Waals surface area contributed by atoms with Gasteiger partial charge < -0.3 is 5.32 Å². The van der Waals surface area contributed by atoms with Crippen LogP contribution in [0.3, 0.4) is 0 Å². The lowest BCUT2D eigenvalue weighted by molar-refractivity contribution is -0.384. The van der Waals surface area contributed by atoms with Crippen molar-refractivity contribution >= 4 is 27.3 Å². The fourth-order valence-electron chi connectivity index (χ4n) is 3.90. The van der Waals surface area contributed by atoms with E-state index in [9.17, 15) is 23.3 Å². The van der Waals surface area contributed by atoms with Crippen LogP contribution < -0.4 is 10.0 Å². The molecule has 1 heterocycles. The number of nitrogens with one attached hydrogen (secondary N) is 2. The average molecular weight is 534 g/mol. The second-order valence-electron chi connectivity index (χ2n) is 9.74. The monoisotopic (exact) mass is 533 g/mol. The van der Waals surface area contributed by atoms with Gasteiger partial charge in [0.15, 0.2) is 0 Å². The van der Waals surface area contributed by atoms with Gasteiger partial charge in [-0.2, -0.15) is 5.10 Å². The number of nitro groups is 1. The molecule has 0 aliphatic carbocycles. The molecule has 4 rings (SSSR count). The number of aromatic nitrogens is 2. The van der Waals surface area contributed by atoms with Crippen molar-refractivity contribution in [3.05, 3.63) is 100 Å². The van der Waals surface area contributed by atoms with Crippen LogP contribution in [0.25, 0.3) is 16.8 Å². The first-order valence-electron chi connectivity index (χ1n) is 11.7. The quantitative estimate of drug-likeness (QED) is 0.251. The van der Waals surface area contributed by atoms with Gasteiger partial charge in [-0.1, -0.05) is 30.3 Å². The highest BCUT2D eigenvalue weighted by atomic mass is 32.2. The fraction of sp³-hybridized carbons (Fsp3) is 0.185. The van der Waals surface area contributed by atoms with Crippen molar-refractivity contribution in [1.82, 2.24) is 14.5 Å². The first-order chi connectivity index (χ1) is 17.8. The minimum Gasteiger partial charge on any atom is -0.321 e. The molecule has 38 heavy (non-hydrogen) atoms.